The molecule has 3 heterocycles. The molecule has 3 amide bonds. The van der Waals surface area contributed by atoms with E-state index in [1.165, 1.54) is 0 Å². The summed E-state index contributed by atoms with van der Waals surface area (Å²) < 4.78 is 2.68. The zero-order chi connectivity index (χ0) is 25.1. The Kier molecular flexibility index (Phi) is 7.09. The lowest BCUT2D eigenvalue weighted by Gasteiger charge is -2.54. The number of pyridine rings is 1. The van der Waals surface area contributed by atoms with Crippen molar-refractivity contribution in [2.24, 2.45) is 5.41 Å². The summed E-state index contributed by atoms with van der Waals surface area (Å²) >= 11 is 3.45. The lowest BCUT2D eigenvalue weighted by atomic mass is 9.59. The minimum atomic E-state index is -0.114. The smallest absolute Gasteiger partial charge is 0.270 e. The number of rotatable bonds is 7. The molecule has 5 rings (SSSR count). The van der Waals surface area contributed by atoms with Gasteiger partial charge in [-0.15, -0.1) is 0 Å². The number of hydrogen-bond acceptors (Lipinski definition) is 4. The van der Waals surface area contributed by atoms with E-state index in [1.807, 2.05) is 53.6 Å². The molecule has 1 saturated heterocycles. The van der Waals surface area contributed by atoms with E-state index in [0.717, 1.165) is 41.5 Å². The van der Waals surface area contributed by atoms with Gasteiger partial charge in [0.25, 0.3) is 5.91 Å². The van der Waals surface area contributed by atoms with E-state index < -0.39 is 0 Å². The zero-order valence-electron chi connectivity index (χ0n) is 20.1. The first kappa shape index (κ1) is 24.5. The average molecular weight is 552 g/mol. The van der Waals surface area contributed by atoms with Crippen LogP contribution in [0.2, 0.25) is 0 Å². The molecule has 1 spiro atoms. The Morgan fingerprint density at radius 2 is 1.81 bits per heavy atom. The Bertz CT molecular complexity index is 1270. The molecular formula is C27H30BrN5O3. The number of hydrogen-bond donors (Lipinski definition) is 2. The van der Waals surface area contributed by atoms with E-state index in [-0.39, 0.29) is 29.2 Å². The van der Waals surface area contributed by atoms with Gasteiger partial charge in [0.1, 0.15) is 11.3 Å². The van der Waals surface area contributed by atoms with E-state index in [2.05, 4.69) is 31.5 Å². The van der Waals surface area contributed by atoms with Crippen molar-refractivity contribution in [2.75, 3.05) is 18.4 Å². The Morgan fingerprint density at radius 3 is 2.53 bits per heavy atom. The van der Waals surface area contributed by atoms with Crippen LogP contribution in [0, 0.1) is 5.41 Å². The Morgan fingerprint density at radius 1 is 1.03 bits per heavy atom. The monoisotopic (exact) mass is 551 g/mol. The first-order valence-corrected chi connectivity index (χ1v) is 13.3. The summed E-state index contributed by atoms with van der Waals surface area (Å²) in [5.41, 5.74) is 2.09. The molecule has 1 aliphatic carbocycles. The lowest BCUT2D eigenvalue weighted by Crippen LogP contribution is -2.59. The predicted molar refractivity (Wildman–Crippen MR) is 141 cm³/mol. The van der Waals surface area contributed by atoms with Crippen molar-refractivity contribution in [1.82, 2.24) is 19.6 Å². The normalized spacial score (nSPS) is 18.6. The average Bonchev–Trinajstić information content (AvgIpc) is 3.30. The van der Waals surface area contributed by atoms with Gasteiger partial charge in [-0.25, -0.2) is 4.98 Å². The maximum absolute atomic E-state index is 13.0. The number of amides is 3. The van der Waals surface area contributed by atoms with E-state index >= 15 is 0 Å². The summed E-state index contributed by atoms with van der Waals surface area (Å²) in [7, 11) is 0. The van der Waals surface area contributed by atoms with Crippen molar-refractivity contribution >= 4 is 45.0 Å². The van der Waals surface area contributed by atoms with Crippen LogP contribution in [0.1, 0.15) is 55.4 Å². The highest BCUT2D eigenvalue weighted by Crippen LogP contribution is 2.49. The predicted octanol–water partition coefficient (Wildman–Crippen LogP) is 4.41. The van der Waals surface area contributed by atoms with Crippen LogP contribution in [0.3, 0.4) is 0 Å². The quantitative estimate of drug-likeness (QED) is 0.454. The number of piperidine rings is 1. The number of fused-ring (bicyclic) bond motifs is 1. The second-order valence-electron chi connectivity index (χ2n) is 9.79. The van der Waals surface area contributed by atoms with Crippen molar-refractivity contribution in [3.63, 3.8) is 0 Å². The van der Waals surface area contributed by atoms with E-state index in [0.29, 0.717) is 38.0 Å². The number of likely N-dealkylation sites (tertiary alicyclic amines) is 1. The Labute approximate surface area is 218 Å². The second-order valence-corrected chi connectivity index (χ2v) is 10.7. The maximum atomic E-state index is 13.0. The van der Waals surface area contributed by atoms with Crippen molar-refractivity contribution in [3.8, 4) is 0 Å². The molecule has 2 aromatic heterocycles. The number of imidazole rings is 1. The Hall–Kier alpha value is -3.20. The van der Waals surface area contributed by atoms with Crippen LogP contribution in [0.15, 0.2) is 59.3 Å². The lowest BCUT2D eigenvalue weighted by molar-refractivity contribution is -0.135. The first-order valence-electron chi connectivity index (χ1n) is 12.5. The first-order chi connectivity index (χ1) is 17.4. The van der Waals surface area contributed by atoms with Gasteiger partial charge in [-0.05, 0) is 77.7 Å². The number of nitrogens with one attached hydrogen (secondary N) is 2. The van der Waals surface area contributed by atoms with Crippen LogP contribution in [0.5, 0.6) is 0 Å². The molecule has 2 fully saturated rings. The van der Waals surface area contributed by atoms with Crippen LogP contribution in [0.4, 0.5) is 5.69 Å². The third-order valence-electron chi connectivity index (χ3n) is 7.64. The minimum Gasteiger partial charge on any atom is -0.347 e. The van der Waals surface area contributed by atoms with Gasteiger partial charge in [0.05, 0.1) is 6.20 Å². The maximum Gasteiger partial charge on any atom is 0.270 e. The van der Waals surface area contributed by atoms with Crippen LogP contribution in [-0.4, -0.2) is 51.1 Å². The minimum absolute atomic E-state index is 0.0586. The molecule has 2 aliphatic rings. The van der Waals surface area contributed by atoms with Crippen LogP contribution in [0.25, 0.3) is 5.65 Å². The molecule has 1 aromatic carbocycles. The number of para-hydroxylation sites is 1. The number of carbonyl (C=O) groups excluding carboxylic acids is 3. The van der Waals surface area contributed by atoms with Crippen molar-refractivity contribution < 1.29 is 14.4 Å². The molecule has 1 unspecified atom stereocenters. The summed E-state index contributed by atoms with van der Waals surface area (Å²) in [5, 5.41) is 6.10. The van der Waals surface area contributed by atoms with Gasteiger partial charge in [-0.3, -0.25) is 18.8 Å². The van der Waals surface area contributed by atoms with Gasteiger partial charge in [0.2, 0.25) is 11.8 Å². The number of benzene rings is 1. The molecule has 0 radical (unpaired) electrons. The molecular weight excluding hydrogens is 522 g/mol. The summed E-state index contributed by atoms with van der Waals surface area (Å²) in [6.07, 6.45) is 8.49. The van der Waals surface area contributed by atoms with Crippen molar-refractivity contribution in [1.29, 1.82) is 0 Å². The van der Waals surface area contributed by atoms with Crippen LogP contribution >= 0.6 is 15.9 Å². The summed E-state index contributed by atoms with van der Waals surface area (Å²) in [6, 6.07) is 13.2. The highest BCUT2D eigenvalue weighted by molar-refractivity contribution is 9.10. The van der Waals surface area contributed by atoms with Gasteiger partial charge >= 0.3 is 0 Å². The van der Waals surface area contributed by atoms with E-state index in [1.54, 1.807) is 10.6 Å². The van der Waals surface area contributed by atoms with Gasteiger partial charge in [-0.1, -0.05) is 18.2 Å². The third-order valence-corrected chi connectivity index (χ3v) is 8.11. The fraction of sp³-hybridized carbons (Fsp3) is 0.407. The highest BCUT2D eigenvalue weighted by atomic mass is 79.9. The molecule has 3 aromatic rings. The molecule has 1 saturated carbocycles. The van der Waals surface area contributed by atoms with Gasteiger partial charge in [-0.2, -0.15) is 0 Å². The van der Waals surface area contributed by atoms with Crippen molar-refractivity contribution in [2.45, 2.75) is 51.0 Å². The topological polar surface area (TPSA) is 95.8 Å². The number of anilines is 1. The summed E-state index contributed by atoms with van der Waals surface area (Å²) in [4.78, 5) is 44.1. The molecule has 9 heteroatoms. The van der Waals surface area contributed by atoms with Crippen molar-refractivity contribution in [3.05, 3.63) is 65.0 Å². The fourth-order valence-electron chi connectivity index (χ4n) is 5.38. The standard InChI is InChI=1S/C27H30BrN5O3/c28-19-9-10-23-29-17-21(33(23)18-19)26(36)31-22-11-12-27(22)13-15-32(16-14-27)25(35)8-4-7-24(34)30-20-5-2-1-3-6-20/h1-3,5-6,9-10,17-18,22H,4,7-8,11-16H2,(H,30,34)(H,31,36). The van der Waals surface area contributed by atoms with Crippen LogP contribution in [-0.2, 0) is 9.59 Å². The van der Waals surface area contributed by atoms with Gasteiger partial charge < -0.3 is 15.5 Å². The van der Waals surface area contributed by atoms with Crippen LogP contribution < -0.4 is 10.6 Å². The summed E-state index contributed by atoms with van der Waals surface area (Å²) in [6.45, 7) is 1.40. The highest BCUT2D eigenvalue weighted by Gasteiger charge is 2.49. The SMILES string of the molecule is O=C(CCCC(=O)N1CCC2(CCC2NC(=O)c2cnc3ccc(Br)cn23)CC1)Nc1ccccc1. The molecule has 36 heavy (non-hydrogen) atoms. The zero-order valence-corrected chi connectivity index (χ0v) is 21.7. The molecule has 1 atom stereocenters. The number of carbonyl (C=O) groups is 3. The third kappa shape index (κ3) is 5.16. The molecule has 0 bridgehead atoms. The van der Waals surface area contributed by atoms with Gasteiger partial charge in [0.15, 0.2) is 0 Å². The molecule has 188 valence electrons. The fourth-order valence-corrected chi connectivity index (χ4v) is 5.72. The van der Waals surface area contributed by atoms with E-state index in [9.17, 15) is 14.4 Å². The molecule has 2 N–H and O–H groups in total. The number of halogens is 1. The Balaban J connectivity index is 1.08. The number of nitrogens with zero attached hydrogens (tertiary/aromatic N) is 3. The van der Waals surface area contributed by atoms with Gasteiger partial charge in [0, 0.05) is 48.3 Å². The number of aromatic nitrogens is 2. The molecule has 8 nitrogen and oxygen atoms in total. The second kappa shape index (κ2) is 10.4. The van der Waals surface area contributed by atoms with E-state index in [4.69, 9.17) is 0 Å². The largest absolute Gasteiger partial charge is 0.347 e. The summed E-state index contributed by atoms with van der Waals surface area (Å²) in [5.74, 6) is -0.0801. The molecule has 1 aliphatic heterocycles.